The Hall–Kier alpha value is -2.63. The number of nitrogens with one attached hydrogen (secondary N) is 2. The monoisotopic (exact) mass is 327 g/mol. The topological polar surface area (TPSA) is 70.2 Å². The van der Waals surface area contributed by atoms with Gasteiger partial charge in [0, 0.05) is 37.6 Å². The number of benzene rings is 1. The minimum Gasteiger partial charge on any atom is -0.341 e. The Morgan fingerprint density at radius 3 is 2.25 bits per heavy atom. The SMILES string of the molecule is CCCN(CCC)c1nccc(Nc2ccc(NC(C)=O)cc2)n1. The molecule has 1 heterocycles. The summed E-state index contributed by atoms with van der Waals surface area (Å²) in [6.45, 7) is 7.70. The molecule has 2 N–H and O–H groups in total. The Morgan fingerprint density at radius 2 is 1.67 bits per heavy atom. The van der Waals surface area contributed by atoms with Gasteiger partial charge in [-0.15, -0.1) is 0 Å². The van der Waals surface area contributed by atoms with Gasteiger partial charge in [-0.1, -0.05) is 13.8 Å². The van der Waals surface area contributed by atoms with E-state index in [4.69, 9.17) is 0 Å². The Kier molecular flexibility index (Phi) is 6.54. The molecule has 0 saturated carbocycles. The molecule has 0 fully saturated rings. The summed E-state index contributed by atoms with van der Waals surface area (Å²) in [4.78, 5) is 22.3. The Balaban J connectivity index is 2.09. The summed E-state index contributed by atoms with van der Waals surface area (Å²) in [6.07, 6.45) is 3.89. The summed E-state index contributed by atoms with van der Waals surface area (Å²) < 4.78 is 0. The summed E-state index contributed by atoms with van der Waals surface area (Å²) >= 11 is 0. The highest BCUT2D eigenvalue weighted by Gasteiger charge is 2.08. The zero-order valence-corrected chi connectivity index (χ0v) is 14.5. The smallest absolute Gasteiger partial charge is 0.227 e. The van der Waals surface area contributed by atoms with Crippen LogP contribution in [0.1, 0.15) is 33.6 Å². The number of aromatic nitrogens is 2. The van der Waals surface area contributed by atoms with Gasteiger partial charge in [0.1, 0.15) is 5.82 Å². The van der Waals surface area contributed by atoms with E-state index in [2.05, 4.69) is 39.3 Å². The summed E-state index contributed by atoms with van der Waals surface area (Å²) in [6, 6.07) is 9.37. The molecule has 0 bridgehead atoms. The maximum absolute atomic E-state index is 11.0. The van der Waals surface area contributed by atoms with Crippen LogP contribution in [0.3, 0.4) is 0 Å². The van der Waals surface area contributed by atoms with Crippen LogP contribution < -0.4 is 15.5 Å². The molecular formula is C18H25N5O. The van der Waals surface area contributed by atoms with E-state index >= 15 is 0 Å². The number of anilines is 4. The number of rotatable bonds is 8. The first kappa shape index (κ1) is 17.7. The van der Waals surface area contributed by atoms with E-state index in [1.807, 2.05) is 30.3 Å². The summed E-state index contributed by atoms with van der Waals surface area (Å²) in [5.74, 6) is 1.42. The van der Waals surface area contributed by atoms with Crippen molar-refractivity contribution in [2.45, 2.75) is 33.6 Å². The fourth-order valence-electron chi connectivity index (χ4n) is 2.41. The van der Waals surface area contributed by atoms with Crippen LogP contribution in [0, 0.1) is 0 Å². The Bertz CT molecular complexity index is 651. The average Bonchev–Trinajstić information content (AvgIpc) is 2.56. The number of carbonyl (C=O) groups is 1. The maximum atomic E-state index is 11.0. The predicted octanol–water partition coefficient (Wildman–Crippen LogP) is 3.81. The highest BCUT2D eigenvalue weighted by molar-refractivity contribution is 5.88. The molecule has 0 saturated heterocycles. The lowest BCUT2D eigenvalue weighted by atomic mass is 10.2. The average molecular weight is 327 g/mol. The van der Waals surface area contributed by atoms with Crippen molar-refractivity contribution in [3.63, 3.8) is 0 Å². The summed E-state index contributed by atoms with van der Waals surface area (Å²) in [5, 5.41) is 6.02. The van der Waals surface area contributed by atoms with Crippen molar-refractivity contribution in [2.24, 2.45) is 0 Å². The van der Waals surface area contributed by atoms with Crippen LogP contribution in [-0.4, -0.2) is 29.0 Å². The van der Waals surface area contributed by atoms with Crippen molar-refractivity contribution in [2.75, 3.05) is 28.6 Å². The lowest BCUT2D eigenvalue weighted by Crippen LogP contribution is -2.26. The van der Waals surface area contributed by atoms with E-state index < -0.39 is 0 Å². The molecule has 0 spiro atoms. The van der Waals surface area contributed by atoms with Crippen molar-refractivity contribution >= 4 is 29.0 Å². The molecule has 2 aromatic rings. The molecule has 0 aliphatic carbocycles. The van der Waals surface area contributed by atoms with Crippen molar-refractivity contribution < 1.29 is 4.79 Å². The third-order valence-electron chi connectivity index (χ3n) is 3.39. The molecule has 0 radical (unpaired) electrons. The van der Waals surface area contributed by atoms with Gasteiger partial charge in [0.15, 0.2) is 0 Å². The first-order valence-corrected chi connectivity index (χ1v) is 8.35. The second kappa shape index (κ2) is 8.86. The molecule has 24 heavy (non-hydrogen) atoms. The first-order valence-electron chi connectivity index (χ1n) is 8.35. The highest BCUT2D eigenvalue weighted by Crippen LogP contribution is 2.19. The van der Waals surface area contributed by atoms with E-state index in [9.17, 15) is 4.79 Å². The molecule has 128 valence electrons. The van der Waals surface area contributed by atoms with Gasteiger partial charge in [0.2, 0.25) is 11.9 Å². The van der Waals surface area contributed by atoms with Crippen molar-refractivity contribution in [1.82, 2.24) is 9.97 Å². The van der Waals surface area contributed by atoms with E-state index in [0.717, 1.165) is 49.1 Å². The highest BCUT2D eigenvalue weighted by atomic mass is 16.1. The fraction of sp³-hybridized carbons (Fsp3) is 0.389. The molecule has 0 atom stereocenters. The molecule has 0 unspecified atom stereocenters. The van der Waals surface area contributed by atoms with Crippen molar-refractivity contribution in [3.8, 4) is 0 Å². The minimum absolute atomic E-state index is 0.0805. The molecule has 1 aromatic carbocycles. The van der Waals surface area contributed by atoms with Crippen LogP contribution in [-0.2, 0) is 4.79 Å². The van der Waals surface area contributed by atoms with Gasteiger partial charge in [-0.2, -0.15) is 4.98 Å². The van der Waals surface area contributed by atoms with Gasteiger partial charge < -0.3 is 15.5 Å². The Morgan fingerprint density at radius 1 is 1.04 bits per heavy atom. The third kappa shape index (κ3) is 5.22. The van der Waals surface area contributed by atoms with Gasteiger partial charge in [-0.3, -0.25) is 4.79 Å². The number of amides is 1. The van der Waals surface area contributed by atoms with Crippen molar-refractivity contribution in [3.05, 3.63) is 36.5 Å². The van der Waals surface area contributed by atoms with E-state index in [1.54, 1.807) is 6.20 Å². The van der Waals surface area contributed by atoms with Gasteiger partial charge in [0.05, 0.1) is 0 Å². The normalized spacial score (nSPS) is 10.3. The quantitative estimate of drug-likeness (QED) is 0.771. The lowest BCUT2D eigenvalue weighted by molar-refractivity contribution is -0.114. The van der Waals surface area contributed by atoms with Crippen LogP contribution >= 0.6 is 0 Å². The van der Waals surface area contributed by atoms with E-state index in [1.165, 1.54) is 6.92 Å². The molecule has 2 rings (SSSR count). The van der Waals surface area contributed by atoms with Crippen LogP contribution in [0.15, 0.2) is 36.5 Å². The molecule has 6 nitrogen and oxygen atoms in total. The molecule has 1 amide bonds. The zero-order chi connectivity index (χ0) is 17.4. The van der Waals surface area contributed by atoms with Gasteiger partial charge in [0.25, 0.3) is 0 Å². The number of nitrogens with zero attached hydrogens (tertiary/aromatic N) is 3. The summed E-state index contributed by atoms with van der Waals surface area (Å²) in [7, 11) is 0. The predicted molar refractivity (Wildman–Crippen MR) is 98.9 cm³/mol. The van der Waals surface area contributed by atoms with Crippen LogP contribution in [0.25, 0.3) is 0 Å². The number of hydrogen-bond donors (Lipinski definition) is 2. The number of hydrogen-bond acceptors (Lipinski definition) is 5. The molecule has 6 heteroatoms. The fourth-order valence-corrected chi connectivity index (χ4v) is 2.41. The lowest BCUT2D eigenvalue weighted by Gasteiger charge is -2.21. The zero-order valence-electron chi connectivity index (χ0n) is 14.5. The first-order chi connectivity index (χ1) is 11.6. The maximum Gasteiger partial charge on any atom is 0.227 e. The molecular weight excluding hydrogens is 302 g/mol. The number of carbonyl (C=O) groups excluding carboxylic acids is 1. The third-order valence-corrected chi connectivity index (χ3v) is 3.39. The van der Waals surface area contributed by atoms with Gasteiger partial charge >= 0.3 is 0 Å². The second-order valence-electron chi connectivity index (χ2n) is 5.61. The second-order valence-corrected chi connectivity index (χ2v) is 5.61. The molecule has 0 aliphatic heterocycles. The van der Waals surface area contributed by atoms with E-state index in [-0.39, 0.29) is 5.91 Å². The van der Waals surface area contributed by atoms with Crippen LogP contribution in [0.4, 0.5) is 23.1 Å². The summed E-state index contributed by atoms with van der Waals surface area (Å²) in [5.41, 5.74) is 1.68. The van der Waals surface area contributed by atoms with Gasteiger partial charge in [-0.25, -0.2) is 4.98 Å². The largest absolute Gasteiger partial charge is 0.341 e. The Labute approximate surface area is 143 Å². The van der Waals surface area contributed by atoms with Crippen LogP contribution in [0.5, 0.6) is 0 Å². The van der Waals surface area contributed by atoms with Crippen LogP contribution in [0.2, 0.25) is 0 Å². The molecule has 0 aliphatic rings. The standard InChI is InChI=1S/C18H25N5O/c1-4-12-23(13-5-2)18-19-11-10-17(22-18)21-16-8-6-15(7-9-16)20-14(3)24/h6-11H,4-5,12-13H2,1-3H3,(H,20,24)(H,19,21,22). The van der Waals surface area contributed by atoms with Gasteiger partial charge in [-0.05, 0) is 43.2 Å². The minimum atomic E-state index is -0.0805. The van der Waals surface area contributed by atoms with E-state index in [0.29, 0.717) is 0 Å². The molecule has 1 aromatic heterocycles. The van der Waals surface area contributed by atoms with Crippen molar-refractivity contribution in [1.29, 1.82) is 0 Å².